The number of ether oxygens (including phenoxy) is 1. The molecule has 0 amide bonds. The first kappa shape index (κ1) is 12.0. The number of nitro groups is 1. The minimum Gasteiger partial charge on any atom is -0.393 e. The topological polar surface area (TPSA) is 85.2 Å². The highest BCUT2D eigenvalue weighted by atomic mass is 19.4. The molecule has 0 saturated heterocycles. The molecule has 0 aliphatic rings. The average Bonchev–Trinajstić information content (AvgIpc) is 2.07. The molecule has 88 valence electrons. The van der Waals surface area contributed by atoms with Crippen molar-refractivity contribution in [2.75, 3.05) is 0 Å². The second kappa shape index (κ2) is 3.83. The maximum absolute atomic E-state index is 11.9. The third-order valence-electron chi connectivity index (χ3n) is 1.50. The normalized spacial score (nSPS) is 11.2. The van der Waals surface area contributed by atoms with Gasteiger partial charge in [0, 0.05) is 6.07 Å². The van der Waals surface area contributed by atoms with E-state index in [-0.39, 0.29) is 5.69 Å². The number of aromatic nitrogens is 1. The Hall–Kier alpha value is -2.06. The van der Waals surface area contributed by atoms with Crippen LogP contribution in [0.25, 0.3) is 0 Å². The predicted octanol–water partition coefficient (Wildman–Crippen LogP) is 1.49. The van der Waals surface area contributed by atoms with E-state index in [0.29, 0.717) is 0 Å². The number of alkyl halides is 3. The van der Waals surface area contributed by atoms with Gasteiger partial charge in [-0.1, -0.05) is 0 Å². The Morgan fingerprint density at radius 2 is 2.06 bits per heavy atom. The highest BCUT2D eigenvalue weighted by Crippen LogP contribution is 2.26. The zero-order valence-electron chi connectivity index (χ0n) is 7.79. The van der Waals surface area contributed by atoms with Gasteiger partial charge in [0.05, 0.1) is 0 Å². The van der Waals surface area contributed by atoms with Crippen molar-refractivity contribution < 1.29 is 22.8 Å². The van der Waals surface area contributed by atoms with E-state index in [1.54, 1.807) is 0 Å². The molecule has 0 aliphatic heterocycles. The number of H-pyrrole nitrogens is 1. The molecule has 16 heavy (non-hydrogen) atoms. The standard InChI is InChI=1S/C7H5F3N2O4/c1-3-2-4(13)5(16-7(8,9)10)6(11-3)12(14)15/h2H,1H3,(H,11,13). The number of pyridine rings is 1. The third kappa shape index (κ3) is 2.72. The van der Waals surface area contributed by atoms with E-state index >= 15 is 0 Å². The van der Waals surface area contributed by atoms with Crippen LogP contribution in [0.15, 0.2) is 10.9 Å². The van der Waals surface area contributed by atoms with Crippen LogP contribution in [-0.2, 0) is 0 Å². The molecule has 0 radical (unpaired) electrons. The molecule has 1 aromatic heterocycles. The fourth-order valence-corrected chi connectivity index (χ4v) is 1.00. The molecule has 0 bridgehead atoms. The summed E-state index contributed by atoms with van der Waals surface area (Å²) >= 11 is 0. The average molecular weight is 238 g/mol. The molecule has 0 aliphatic carbocycles. The van der Waals surface area contributed by atoms with Crippen molar-refractivity contribution in [3.05, 3.63) is 32.1 Å². The van der Waals surface area contributed by atoms with Crippen molar-refractivity contribution in [2.45, 2.75) is 13.3 Å². The molecule has 0 unspecified atom stereocenters. The molecule has 1 heterocycles. The molecule has 1 aromatic rings. The van der Waals surface area contributed by atoms with Crippen LogP contribution in [-0.4, -0.2) is 16.3 Å². The minimum absolute atomic E-state index is 0.0613. The fraction of sp³-hybridized carbons (Fsp3) is 0.286. The van der Waals surface area contributed by atoms with Gasteiger partial charge in [-0.15, -0.1) is 13.2 Å². The smallest absolute Gasteiger partial charge is 0.393 e. The van der Waals surface area contributed by atoms with Crippen LogP contribution < -0.4 is 10.2 Å². The lowest BCUT2D eigenvalue weighted by Crippen LogP contribution is -2.23. The van der Waals surface area contributed by atoms with E-state index < -0.39 is 28.3 Å². The Labute approximate surface area is 85.8 Å². The largest absolute Gasteiger partial charge is 0.573 e. The zero-order valence-corrected chi connectivity index (χ0v) is 7.79. The molecule has 0 fully saturated rings. The maximum Gasteiger partial charge on any atom is 0.573 e. The van der Waals surface area contributed by atoms with Crippen molar-refractivity contribution in [1.82, 2.24) is 4.98 Å². The van der Waals surface area contributed by atoms with Crippen molar-refractivity contribution in [1.29, 1.82) is 0 Å². The van der Waals surface area contributed by atoms with Gasteiger partial charge in [0.1, 0.15) is 5.69 Å². The number of rotatable bonds is 2. The van der Waals surface area contributed by atoms with Crippen LogP contribution in [0.4, 0.5) is 19.0 Å². The second-order valence-electron chi connectivity index (χ2n) is 2.80. The van der Waals surface area contributed by atoms with Crippen LogP contribution in [0.5, 0.6) is 5.75 Å². The Morgan fingerprint density at radius 1 is 1.50 bits per heavy atom. The number of nitrogens with zero attached hydrogens (tertiary/aromatic N) is 1. The summed E-state index contributed by atoms with van der Waals surface area (Å²) in [5.74, 6) is -2.49. The highest BCUT2D eigenvalue weighted by Gasteiger charge is 2.36. The van der Waals surface area contributed by atoms with Gasteiger partial charge < -0.3 is 14.9 Å². The van der Waals surface area contributed by atoms with Crippen molar-refractivity contribution in [3.8, 4) is 5.75 Å². The number of aromatic amines is 1. The molecule has 0 saturated carbocycles. The van der Waals surface area contributed by atoms with Crippen LogP contribution in [0, 0.1) is 17.0 Å². The number of aryl methyl sites for hydroxylation is 1. The summed E-state index contributed by atoms with van der Waals surface area (Å²) in [6, 6.07) is 0.772. The van der Waals surface area contributed by atoms with E-state index in [0.717, 1.165) is 6.07 Å². The van der Waals surface area contributed by atoms with E-state index in [9.17, 15) is 28.1 Å². The van der Waals surface area contributed by atoms with Gasteiger partial charge in [-0.2, -0.15) is 0 Å². The Kier molecular flexibility index (Phi) is 2.88. The first-order valence-electron chi connectivity index (χ1n) is 3.85. The molecule has 0 aromatic carbocycles. The molecule has 6 nitrogen and oxygen atoms in total. The molecule has 0 atom stereocenters. The van der Waals surface area contributed by atoms with Crippen LogP contribution in [0.2, 0.25) is 0 Å². The summed E-state index contributed by atoms with van der Waals surface area (Å²) in [5, 5.41) is 10.4. The summed E-state index contributed by atoms with van der Waals surface area (Å²) < 4.78 is 38.9. The van der Waals surface area contributed by atoms with Crippen molar-refractivity contribution >= 4 is 5.82 Å². The van der Waals surface area contributed by atoms with E-state index in [4.69, 9.17) is 0 Å². The second-order valence-corrected chi connectivity index (χ2v) is 2.80. The molecule has 0 spiro atoms. The van der Waals surface area contributed by atoms with Gasteiger partial charge in [0.15, 0.2) is 0 Å². The van der Waals surface area contributed by atoms with Gasteiger partial charge in [-0.05, 0) is 11.8 Å². The van der Waals surface area contributed by atoms with Gasteiger partial charge in [-0.3, -0.25) is 4.79 Å². The quantitative estimate of drug-likeness (QED) is 0.624. The van der Waals surface area contributed by atoms with Gasteiger partial charge in [0.2, 0.25) is 5.43 Å². The lowest BCUT2D eigenvalue weighted by Gasteiger charge is -2.08. The number of nitrogens with one attached hydrogen (secondary N) is 1. The minimum atomic E-state index is -5.16. The third-order valence-corrected chi connectivity index (χ3v) is 1.50. The Balaban J connectivity index is 3.36. The monoisotopic (exact) mass is 238 g/mol. The number of hydrogen-bond acceptors (Lipinski definition) is 4. The molecule has 9 heteroatoms. The first-order valence-corrected chi connectivity index (χ1v) is 3.85. The summed E-state index contributed by atoms with van der Waals surface area (Å²) in [4.78, 5) is 22.4. The van der Waals surface area contributed by atoms with E-state index in [2.05, 4.69) is 4.74 Å². The lowest BCUT2D eigenvalue weighted by atomic mass is 10.3. The summed E-state index contributed by atoms with van der Waals surface area (Å²) in [6.45, 7) is 1.30. The zero-order chi connectivity index (χ0) is 12.5. The first-order chi connectivity index (χ1) is 7.20. The Morgan fingerprint density at radius 3 is 2.50 bits per heavy atom. The molecule has 1 N–H and O–H groups in total. The molecule has 1 rings (SSSR count). The van der Waals surface area contributed by atoms with Crippen molar-refractivity contribution in [3.63, 3.8) is 0 Å². The molecular formula is C7H5F3N2O4. The number of hydrogen-bond donors (Lipinski definition) is 1. The van der Waals surface area contributed by atoms with Gasteiger partial charge >= 0.3 is 12.2 Å². The van der Waals surface area contributed by atoms with Crippen molar-refractivity contribution in [2.24, 2.45) is 0 Å². The predicted molar refractivity (Wildman–Crippen MR) is 45.1 cm³/mol. The lowest BCUT2D eigenvalue weighted by molar-refractivity contribution is -0.393. The molecular weight excluding hydrogens is 233 g/mol. The van der Waals surface area contributed by atoms with Gasteiger partial charge in [0.25, 0.3) is 5.75 Å². The summed E-state index contributed by atoms with van der Waals surface area (Å²) in [7, 11) is 0. The van der Waals surface area contributed by atoms with Crippen LogP contribution >= 0.6 is 0 Å². The van der Waals surface area contributed by atoms with E-state index in [1.165, 1.54) is 6.92 Å². The SMILES string of the molecule is Cc1cc(=O)c(OC(F)(F)F)c([N+](=O)[O-])[nH]1. The van der Waals surface area contributed by atoms with Crippen LogP contribution in [0.3, 0.4) is 0 Å². The summed E-state index contributed by atoms with van der Waals surface area (Å²) in [6.07, 6.45) is -5.16. The fourth-order valence-electron chi connectivity index (χ4n) is 1.00. The van der Waals surface area contributed by atoms with Crippen LogP contribution in [0.1, 0.15) is 5.69 Å². The van der Waals surface area contributed by atoms with E-state index in [1.807, 2.05) is 4.98 Å². The summed E-state index contributed by atoms with van der Waals surface area (Å²) in [5.41, 5.74) is -1.15. The van der Waals surface area contributed by atoms with Gasteiger partial charge in [-0.25, -0.2) is 4.98 Å². The Bertz CT molecular complexity index is 480. The highest BCUT2D eigenvalue weighted by molar-refractivity contribution is 5.40. The number of halogens is 3. The maximum atomic E-state index is 11.9.